The molecule has 0 saturated heterocycles. The molecule has 0 rings (SSSR count). The Morgan fingerprint density at radius 1 is 0.773 bits per heavy atom. The number of esters is 2. The van der Waals surface area contributed by atoms with Gasteiger partial charge in [0.2, 0.25) is 0 Å². The van der Waals surface area contributed by atoms with Crippen molar-refractivity contribution < 1.29 is 19.1 Å². The third-order valence-corrected chi connectivity index (χ3v) is 3.57. The quantitative estimate of drug-likeness (QED) is 0.280. The molecule has 0 unspecified atom stereocenters. The second kappa shape index (κ2) is 8.32. The first-order valence-corrected chi connectivity index (χ1v) is 8.97. The maximum absolute atomic E-state index is 12.5. The smallest absolute Gasteiger partial charge is 0.323 e. The molecular weight excluding hydrogens is 348 g/mol. The van der Waals surface area contributed by atoms with Gasteiger partial charge in [-0.15, -0.1) is 0 Å². The first-order chi connectivity index (χ1) is 9.82. The standard InChI is InChI=1S/C17H31BrO4/c1-15(2,3)21-13(19)17(7,11-9-8-10-12-18)14(20)22-16(4,5)6/h8-12H2,1-7H3. The number of carbonyl (C=O) groups is 2. The first-order valence-electron chi connectivity index (χ1n) is 7.85. The van der Waals surface area contributed by atoms with E-state index in [0.29, 0.717) is 6.42 Å². The lowest BCUT2D eigenvalue weighted by Gasteiger charge is -2.32. The Morgan fingerprint density at radius 2 is 1.18 bits per heavy atom. The molecule has 5 heteroatoms. The highest BCUT2D eigenvalue weighted by atomic mass is 79.9. The molecule has 0 aromatic heterocycles. The molecule has 0 heterocycles. The van der Waals surface area contributed by atoms with Crippen LogP contribution in [-0.4, -0.2) is 28.5 Å². The van der Waals surface area contributed by atoms with E-state index in [1.807, 2.05) is 0 Å². The average Bonchev–Trinajstić information content (AvgIpc) is 2.29. The van der Waals surface area contributed by atoms with Gasteiger partial charge in [-0.1, -0.05) is 28.8 Å². The predicted octanol–water partition coefficient (Wildman–Crippen LogP) is 4.63. The number of carbonyl (C=O) groups excluding carboxylic acids is 2. The summed E-state index contributed by atoms with van der Waals surface area (Å²) in [5.41, 5.74) is -2.51. The Balaban J connectivity index is 5.11. The SMILES string of the molecule is CC(C)(C)OC(=O)C(C)(CCCCCBr)C(=O)OC(C)(C)C. The Labute approximate surface area is 143 Å². The molecule has 0 fully saturated rings. The second-order valence-electron chi connectivity index (χ2n) is 7.84. The Hall–Kier alpha value is -0.580. The van der Waals surface area contributed by atoms with Crippen LogP contribution in [0.5, 0.6) is 0 Å². The molecule has 0 aromatic rings. The minimum Gasteiger partial charge on any atom is -0.459 e. The van der Waals surface area contributed by atoms with Crippen LogP contribution in [0.4, 0.5) is 0 Å². The lowest BCUT2D eigenvalue weighted by molar-refractivity contribution is -0.184. The summed E-state index contributed by atoms with van der Waals surface area (Å²) < 4.78 is 10.9. The second-order valence-corrected chi connectivity index (χ2v) is 8.63. The summed E-state index contributed by atoms with van der Waals surface area (Å²) in [6.45, 7) is 12.4. The molecule has 0 atom stereocenters. The minimum absolute atomic E-state index is 0.434. The van der Waals surface area contributed by atoms with Gasteiger partial charge in [-0.3, -0.25) is 9.59 Å². The zero-order chi connectivity index (χ0) is 17.6. The number of halogens is 1. The summed E-state index contributed by atoms with van der Waals surface area (Å²) in [7, 11) is 0. The lowest BCUT2D eigenvalue weighted by Crippen LogP contribution is -2.44. The van der Waals surface area contributed by atoms with E-state index in [2.05, 4.69) is 15.9 Å². The molecule has 130 valence electrons. The van der Waals surface area contributed by atoms with Crippen LogP contribution >= 0.6 is 15.9 Å². The highest BCUT2D eigenvalue weighted by Crippen LogP contribution is 2.32. The molecule has 0 aromatic carbocycles. The van der Waals surface area contributed by atoms with Crippen LogP contribution in [0, 0.1) is 5.41 Å². The van der Waals surface area contributed by atoms with Gasteiger partial charge in [0.05, 0.1) is 0 Å². The summed E-state index contributed by atoms with van der Waals surface area (Å²) in [6, 6.07) is 0. The van der Waals surface area contributed by atoms with Crippen molar-refractivity contribution in [3.8, 4) is 0 Å². The van der Waals surface area contributed by atoms with Crippen molar-refractivity contribution in [1.82, 2.24) is 0 Å². The Kier molecular flexibility index (Phi) is 8.10. The Bertz CT molecular complexity index is 349. The maximum atomic E-state index is 12.5. The molecule has 0 radical (unpaired) electrons. The summed E-state index contributed by atoms with van der Waals surface area (Å²) in [4.78, 5) is 25.1. The van der Waals surface area contributed by atoms with Crippen LogP contribution in [-0.2, 0) is 19.1 Å². The molecule has 0 N–H and O–H groups in total. The number of alkyl halides is 1. The summed E-state index contributed by atoms with van der Waals surface area (Å²) in [6.07, 6.45) is 3.18. The molecule has 0 amide bonds. The van der Waals surface area contributed by atoms with Gasteiger partial charge in [0.1, 0.15) is 11.2 Å². The van der Waals surface area contributed by atoms with Crippen molar-refractivity contribution in [2.45, 2.75) is 85.4 Å². The van der Waals surface area contributed by atoms with Crippen molar-refractivity contribution in [2.75, 3.05) is 5.33 Å². The predicted molar refractivity (Wildman–Crippen MR) is 92.1 cm³/mol. The summed E-state index contributed by atoms with van der Waals surface area (Å²) in [5, 5.41) is 0.919. The van der Waals surface area contributed by atoms with Crippen molar-refractivity contribution in [1.29, 1.82) is 0 Å². The molecule has 22 heavy (non-hydrogen) atoms. The van der Waals surface area contributed by atoms with Crippen LogP contribution in [0.2, 0.25) is 0 Å². The van der Waals surface area contributed by atoms with Gasteiger partial charge in [0.25, 0.3) is 0 Å². The molecular formula is C17H31BrO4. The maximum Gasteiger partial charge on any atom is 0.323 e. The van der Waals surface area contributed by atoms with Gasteiger partial charge >= 0.3 is 11.9 Å². The number of rotatable bonds is 7. The number of ether oxygens (including phenoxy) is 2. The van der Waals surface area contributed by atoms with Crippen LogP contribution in [0.25, 0.3) is 0 Å². The van der Waals surface area contributed by atoms with Gasteiger partial charge in [-0.2, -0.15) is 0 Å². The fourth-order valence-corrected chi connectivity index (χ4v) is 2.22. The zero-order valence-corrected chi connectivity index (χ0v) is 16.6. The fourth-order valence-electron chi connectivity index (χ4n) is 1.82. The molecule has 0 bridgehead atoms. The van der Waals surface area contributed by atoms with E-state index >= 15 is 0 Å². The van der Waals surface area contributed by atoms with Crippen molar-refractivity contribution in [3.05, 3.63) is 0 Å². The van der Waals surface area contributed by atoms with Crippen molar-refractivity contribution in [2.24, 2.45) is 5.41 Å². The lowest BCUT2D eigenvalue weighted by atomic mass is 9.84. The van der Waals surface area contributed by atoms with Crippen LogP contribution in [0.3, 0.4) is 0 Å². The van der Waals surface area contributed by atoms with Gasteiger partial charge in [-0.25, -0.2) is 0 Å². The van der Waals surface area contributed by atoms with Crippen LogP contribution in [0.15, 0.2) is 0 Å². The van der Waals surface area contributed by atoms with Crippen molar-refractivity contribution >= 4 is 27.9 Å². The van der Waals surface area contributed by atoms with E-state index < -0.39 is 28.6 Å². The third kappa shape index (κ3) is 8.16. The van der Waals surface area contributed by atoms with Gasteiger partial charge in [-0.05, 0) is 61.3 Å². The summed E-state index contributed by atoms with van der Waals surface area (Å²) >= 11 is 3.38. The van der Waals surface area contributed by atoms with Gasteiger partial charge < -0.3 is 9.47 Å². The van der Waals surface area contributed by atoms with Crippen LogP contribution < -0.4 is 0 Å². The molecule has 0 saturated carbocycles. The van der Waals surface area contributed by atoms with Crippen LogP contribution in [0.1, 0.15) is 74.1 Å². The molecule has 0 aliphatic carbocycles. The number of hydrogen-bond donors (Lipinski definition) is 0. The van der Waals surface area contributed by atoms with Crippen molar-refractivity contribution in [3.63, 3.8) is 0 Å². The summed E-state index contributed by atoms with van der Waals surface area (Å²) in [5.74, 6) is -1.01. The fraction of sp³-hybridized carbons (Fsp3) is 0.882. The third-order valence-electron chi connectivity index (χ3n) is 3.01. The number of hydrogen-bond acceptors (Lipinski definition) is 4. The van der Waals surface area contributed by atoms with E-state index in [9.17, 15) is 9.59 Å². The minimum atomic E-state index is -1.26. The highest BCUT2D eigenvalue weighted by molar-refractivity contribution is 9.09. The van der Waals surface area contributed by atoms with Gasteiger partial charge in [0, 0.05) is 5.33 Å². The van der Waals surface area contributed by atoms with E-state index in [1.54, 1.807) is 48.5 Å². The van der Waals surface area contributed by atoms with E-state index in [4.69, 9.17) is 9.47 Å². The van der Waals surface area contributed by atoms with E-state index in [-0.39, 0.29) is 0 Å². The topological polar surface area (TPSA) is 52.6 Å². The highest BCUT2D eigenvalue weighted by Gasteiger charge is 2.46. The van der Waals surface area contributed by atoms with E-state index in [0.717, 1.165) is 24.6 Å². The van der Waals surface area contributed by atoms with E-state index in [1.165, 1.54) is 0 Å². The Morgan fingerprint density at radius 3 is 1.50 bits per heavy atom. The first kappa shape index (κ1) is 21.4. The molecule has 0 aliphatic heterocycles. The normalized spacial score (nSPS) is 12.9. The molecule has 4 nitrogen and oxygen atoms in total. The largest absolute Gasteiger partial charge is 0.459 e. The monoisotopic (exact) mass is 378 g/mol. The van der Waals surface area contributed by atoms with Gasteiger partial charge in [0.15, 0.2) is 5.41 Å². The molecule has 0 aliphatic rings. The zero-order valence-electron chi connectivity index (χ0n) is 15.0. The molecule has 0 spiro atoms. The number of unbranched alkanes of at least 4 members (excludes halogenated alkanes) is 2. The average molecular weight is 379 g/mol.